The molecule has 0 amide bonds. The van der Waals surface area contributed by atoms with E-state index in [4.69, 9.17) is 15.6 Å². The van der Waals surface area contributed by atoms with E-state index in [1.807, 2.05) is 6.92 Å². The maximum atomic E-state index is 9.29. The summed E-state index contributed by atoms with van der Waals surface area (Å²) in [6, 6.07) is 0.0810. The largest absolute Gasteiger partial charge is 0.390 e. The van der Waals surface area contributed by atoms with Crippen molar-refractivity contribution in [2.75, 3.05) is 6.61 Å². The van der Waals surface area contributed by atoms with E-state index >= 15 is 0 Å². The number of aliphatic hydroxyl groups excluding tert-OH is 2. The molecule has 12 heavy (non-hydrogen) atoms. The Bertz CT molecular complexity index is 140. The first kappa shape index (κ1) is 9.92. The minimum atomic E-state index is -0.727. The van der Waals surface area contributed by atoms with Crippen LogP contribution in [0.4, 0.5) is 0 Å². The van der Waals surface area contributed by atoms with Crippen molar-refractivity contribution in [1.29, 1.82) is 0 Å². The van der Waals surface area contributed by atoms with Crippen LogP contribution in [-0.4, -0.2) is 41.2 Å². The molecule has 0 spiro atoms. The van der Waals surface area contributed by atoms with Crippen LogP contribution < -0.4 is 5.73 Å². The van der Waals surface area contributed by atoms with Crippen molar-refractivity contribution in [3.05, 3.63) is 0 Å². The third kappa shape index (κ3) is 2.71. The molecule has 1 aliphatic heterocycles. The van der Waals surface area contributed by atoms with Crippen LogP contribution in [0.15, 0.2) is 0 Å². The molecular weight excluding hydrogens is 158 g/mol. The summed E-state index contributed by atoms with van der Waals surface area (Å²) in [5.74, 6) is 0. The van der Waals surface area contributed by atoms with Gasteiger partial charge in [-0.05, 0) is 13.3 Å². The summed E-state index contributed by atoms with van der Waals surface area (Å²) in [5.41, 5.74) is 5.58. The van der Waals surface area contributed by atoms with Gasteiger partial charge in [0.05, 0.1) is 18.8 Å². The fraction of sp³-hybridized carbons (Fsp3) is 1.00. The maximum absolute atomic E-state index is 9.29. The van der Waals surface area contributed by atoms with E-state index in [-0.39, 0.29) is 18.8 Å². The molecule has 1 saturated heterocycles. The van der Waals surface area contributed by atoms with Crippen molar-refractivity contribution in [1.82, 2.24) is 0 Å². The molecule has 4 unspecified atom stereocenters. The van der Waals surface area contributed by atoms with Gasteiger partial charge in [0.25, 0.3) is 0 Å². The average Bonchev–Trinajstić information content (AvgIpc) is 1.96. The molecule has 0 saturated carbocycles. The molecule has 0 aliphatic carbocycles. The van der Waals surface area contributed by atoms with Gasteiger partial charge >= 0.3 is 0 Å². The van der Waals surface area contributed by atoms with Crippen molar-refractivity contribution in [2.24, 2.45) is 5.73 Å². The van der Waals surface area contributed by atoms with E-state index in [9.17, 15) is 5.11 Å². The molecule has 4 N–H and O–H groups in total. The van der Waals surface area contributed by atoms with Gasteiger partial charge in [-0.15, -0.1) is 0 Å². The van der Waals surface area contributed by atoms with Crippen LogP contribution in [0.2, 0.25) is 0 Å². The maximum Gasteiger partial charge on any atom is 0.103 e. The Kier molecular flexibility index (Phi) is 3.46. The minimum absolute atomic E-state index is 0.00315. The summed E-state index contributed by atoms with van der Waals surface area (Å²) in [5, 5.41) is 18.4. The van der Waals surface area contributed by atoms with Gasteiger partial charge in [0.2, 0.25) is 0 Å². The van der Waals surface area contributed by atoms with Gasteiger partial charge < -0.3 is 20.7 Å². The molecule has 1 aliphatic rings. The Balaban J connectivity index is 2.30. The highest BCUT2D eigenvalue weighted by Gasteiger charge is 2.28. The van der Waals surface area contributed by atoms with E-state index in [1.54, 1.807) is 0 Å². The quantitative estimate of drug-likeness (QED) is 0.515. The smallest absolute Gasteiger partial charge is 0.103 e. The zero-order valence-corrected chi connectivity index (χ0v) is 7.31. The Labute approximate surface area is 72.3 Å². The lowest BCUT2D eigenvalue weighted by Crippen LogP contribution is -2.42. The number of hydrogen-bond donors (Lipinski definition) is 3. The zero-order chi connectivity index (χ0) is 9.14. The Morgan fingerprint density at radius 3 is 2.67 bits per heavy atom. The van der Waals surface area contributed by atoms with Crippen LogP contribution in [0.5, 0.6) is 0 Å². The van der Waals surface area contributed by atoms with Crippen molar-refractivity contribution in [2.45, 2.75) is 44.1 Å². The van der Waals surface area contributed by atoms with Gasteiger partial charge in [0.15, 0.2) is 0 Å². The van der Waals surface area contributed by atoms with E-state index in [0.717, 1.165) is 6.42 Å². The molecule has 0 aromatic carbocycles. The third-order valence-corrected chi connectivity index (χ3v) is 2.09. The molecule has 0 aromatic rings. The molecule has 4 atom stereocenters. The highest BCUT2D eigenvalue weighted by molar-refractivity contribution is 4.79. The fourth-order valence-electron chi connectivity index (χ4n) is 1.42. The number of ether oxygens (including phenoxy) is 1. The van der Waals surface area contributed by atoms with Crippen LogP contribution in [-0.2, 0) is 4.74 Å². The van der Waals surface area contributed by atoms with Crippen molar-refractivity contribution in [3.63, 3.8) is 0 Å². The first-order valence-electron chi connectivity index (χ1n) is 4.33. The lowest BCUT2D eigenvalue weighted by molar-refractivity contribution is -0.123. The second-order valence-electron chi connectivity index (χ2n) is 3.54. The van der Waals surface area contributed by atoms with Crippen molar-refractivity contribution in [3.8, 4) is 0 Å². The molecule has 4 nitrogen and oxygen atoms in total. The van der Waals surface area contributed by atoms with Crippen LogP contribution in [0.25, 0.3) is 0 Å². The van der Waals surface area contributed by atoms with Crippen molar-refractivity contribution < 1.29 is 14.9 Å². The molecule has 72 valence electrons. The molecule has 0 aromatic heterocycles. The molecular formula is C8H17NO3. The summed E-state index contributed by atoms with van der Waals surface area (Å²) in [6.45, 7) is 2.12. The SMILES string of the molecule is CC(N)CC1CC(O)C(O)CO1. The van der Waals surface area contributed by atoms with Crippen molar-refractivity contribution >= 4 is 0 Å². The van der Waals surface area contributed by atoms with Gasteiger partial charge in [-0.25, -0.2) is 0 Å². The molecule has 1 rings (SSSR count). The highest BCUT2D eigenvalue weighted by atomic mass is 16.5. The first-order chi connectivity index (χ1) is 5.59. The van der Waals surface area contributed by atoms with Crippen LogP contribution in [0, 0.1) is 0 Å². The van der Waals surface area contributed by atoms with Gasteiger partial charge in [0, 0.05) is 12.5 Å². The summed E-state index contributed by atoms with van der Waals surface area (Å²) in [4.78, 5) is 0. The Morgan fingerprint density at radius 1 is 1.50 bits per heavy atom. The summed E-state index contributed by atoms with van der Waals surface area (Å²) in [7, 11) is 0. The lowest BCUT2D eigenvalue weighted by atomic mass is 9.99. The first-order valence-corrected chi connectivity index (χ1v) is 4.33. The molecule has 0 bridgehead atoms. The predicted molar refractivity (Wildman–Crippen MR) is 44.6 cm³/mol. The standard InChI is InChI=1S/C8H17NO3/c1-5(9)2-6-3-7(10)8(11)4-12-6/h5-8,10-11H,2-4,9H2,1H3. The topological polar surface area (TPSA) is 75.7 Å². The number of aliphatic hydroxyl groups is 2. The second kappa shape index (κ2) is 4.18. The van der Waals surface area contributed by atoms with Gasteiger partial charge in [-0.1, -0.05) is 0 Å². The average molecular weight is 175 g/mol. The van der Waals surface area contributed by atoms with Crippen LogP contribution >= 0.6 is 0 Å². The van der Waals surface area contributed by atoms with Crippen LogP contribution in [0.1, 0.15) is 19.8 Å². The summed E-state index contributed by atoms with van der Waals surface area (Å²) < 4.78 is 5.28. The zero-order valence-electron chi connectivity index (χ0n) is 7.31. The molecule has 0 radical (unpaired) electrons. The van der Waals surface area contributed by atoms with E-state index in [0.29, 0.717) is 6.42 Å². The second-order valence-corrected chi connectivity index (χ2v) is 3.54. The summed E-state index contributed by atoms with van der Waals surface area (Å²) in [6.07, 6.45) is -0.146. The van der Waals surface area contributed by atoms with Gasteiger partial charge in [-0.3, -0.25) is 0 Å². The van der Waals surface area contributed by atoms with Gasteiger partial charge in [0.1, 0.15) is 6.10 Å². The van der Waals surface area contributed by atoms with E-state index in [2.05, 4.69) is 0 Å². The number of rotatable bonds is 2. The number of nitrogens with two attached hydrogens (primary N) is 1. The Hall–Kier alpha value is -0.160. The normalized spacial score (nSPS) is 39.5. The van der Waals surface area contributed by atoms with E-state index < -0.39 is 12.2 Å². The summed E-state index contributed by atoms with van der Waals surface area (Å²) >= 11 is 0. The predicted octanol–water partition coefficient (Wildman–Crippen LogP) is -0.766. The monoisotopic (exact) mass is 175 g/mol. The van der Waals surface area contributed by atoms with Crippen LogP contribution in [0.3, 0.4) is 0 Å². The fourth-order valence-corrected chi connectivity index (χ4v) is 1.42. The molecule has 1 fully saturated rings. The highest BCUT2D eigenvalue weighted by Crippen LogP contribution is 2.17. The Morgan fingerprint density at radius 2 is 2.17 bits per heavy atom. The van der Waals surface area contributed by atoms with Gasteiger partial charge in [-0.2, -0.15) is 0 Å². The molecule has 1 heterocycles. The van der Waals surface area contributed by atoms with E-state index in [1.165, 1.54) is 0 Å². The lowest BCUT2D eigenvalue weighted by Gasteiger charge is -2.31. The third-order valence-electron chi connectivity index (χ3n) is 2.09. The molecule has 4 heteroatoms. The minimum Gasteiger partial charge on any atom is -0.390 e. The number of hydrogen-bond acceptors (Lipinski definition) is 4.